The van der Waals surface area contributed by atoms with Crippen LogP contribution in [-0.4, -0.2) is 118 Å². The summed E-state index contributed by atoms with van der Waals surface area (Å²) in [5, 5.41) is 26.9. The van der Waals surface area contributed by atoms with E-state index < -0.39 is 0 Å². The van der Waals surface area contributed by atoms with Crippen molar-refractivity contribution >= 4 is 47.2 Å². The Bertz CT molecular complexity index is 1980. The molecule has 0 aromatic heterocycles. The van der Waals surface area contributed by atoms with E-state index in [1.165, 1.54) is 20.8 Å². The smallest absolute Gasteiger partial charge is 0.302 e. The summed E-state index contributed by atoms with van der Waals surface area (Å²) in [5.41, 5.74) is 6.56. The van der Waals surface area contributed by atoms with Gasteiger partial charge in [0.2, 0.25) is 17.7 Å². The number of hydrogen-bond acceptors (Lipinski definition) is 13. The van der Waals surface area contributed by atoms with Crippen LogP contribution in [0.2, 0.25) is 0 Å². The Morgan fingerprint density at radius 1 is 0.507 bits per heavy atom. The van der Waals surface area contributed by atoms with E-state index in [2.05, 4.69) is 39.0 Å². The molecule has 2 N–H and O–H groups in total. The van der Waals surface area contributed by atoms with Crippen molar-refractivity contribution in [3.63, 3.8) is 0 Å². The lowest BCUT2D eigenvalue weighted by molar-refractivity contribution is -0.147. The van der Waals surface area contributed by atoms with Crippen LogP contribution in [-0.2, 0) is 43.0 Å². The molecular weight excluding hydrogens is 950 g/mol. The van der Waals surface area contributed by atoms with Gasteiger partial charge in [0, 0.05) is 58.8 Å². The van der Waals surface area contributed by atoms with Crippen LogP contribution in [0.3, 0.4) is 0 Å². The minimum absolute atomic E-state index is 0.0157. The molecule has 6 saturated carbocycles. The van der Waals surface area contributed by atoms with E-state index in [0.29, 0.717) is 54.9 Å². The topological polar surface area (TPSA) is 237 Å². The summed E-state index contributed by atoms with van der Waals surface area (Å²) < 4.78 is 16.0. The third-order valence-electron chi connectivity index (χ3n) is 18.0. The molecule has 0 bridgehead atoms. The van der Waals surface area contributed by atoms with Gasteiger partial charge < -0.3 is 34.6 Å². The highest BCUT2D eigenvalue weighted by Crippen LogP contribution is 2.57. The number of alkyl halides is 1. The van der Waals surface area contributed by atoms with E-state index in [1.807, 2.05) is 0 Å². The zero-order chi connectivity index (χ0) is 53.3. The monoisotopic (exact) mass is 1030 g/mol. The highest BCUT2D eigenvalue weighted by Gasteiger charge is 2.50. The number of rotatable bonds is 10. The number of ether oxygens (including phenoxy) is 3. The van der Waals surface area contributed by atoms with Crippen molar-refractivity contribution in [1.82, 2.24) is 14.7 Å². The third-order valence-corrected chi connectivity index (χ3v) is 18.3. The predicted octanol–water partition coefficient (Wildman–Crippen LogP) is 8.27. The van der Waals surface area contributed by atoms with Crippen LogP contribution in [0.15, 0.2) is 0 Å². The van der Waals surface area contributed by atoms with Gasteiger partial charge in [-0.1, -0.05) is 13.8 Å². The van der Waals surface area contributed by atoms with Crippen molar-refractivity contribution in [2.45, 2.75) is 225 Å². The second-order valence-corrected chi connectivity index (χ2v) is 24.7. The van der Waals surface area contributed by atoms with E-state index in [9.17, 15) is 28.8 Å². The molecule has 9 fully saturated rings. The van der Waals surface area contributed by atoms with Crippen molar-refractivity contribution in [3.05, 3.63) is 0 Å². The molecule has 9 rings (SSSR count). The number of esters is 3. The Hall–Kier alpha value is -4.46. The van der Waals surface area contributed by atoms with Gasteiger partial charge in [-0.2, -0.15) is 15.8 Å². The van der Waals surface area contributed by atoms with Crippen LogP contribution in [0.25, 0.3) is 0 Å². The van der Waals surface area contributed by atoms with Crippen LogP contribution < -0.4 is 5.73 Å². The van der Waals surface area contributed by atoms with Crippen molar-refractivity contribution in [2.75, 3.05) is 25.5 Å². The molecular formula is C56H84ClN7O9. The zero-order valence-electron chi connectivity index (χ0n) is 44.6. The second-order valence-electron chi connectivity index (χ2n) is 24.4. The first kappa shape index (κ1) is 57.8. The van der Waals surface area contributed by atoms with Crippen LogP contribution in [0.4, 0.5) is 0 Å². The summed E-state index contributed by atoms with van der Waals surface area (Å²) in [7, 11) is 0. The summed E-state index contributed by atoms with van der Waals surface area (Å²) in [4.78, 5) is 74.1. The number of nitrogens with two attached hydrogens (primary N) is 1. The minimum atomic E-state index is -0.235. The first-order valence-corrected chi connectivity index (χ1v) is 28.0. The van der Waals surface area contributed by atoms with Crippen molar-refractivity contribution < 1.29 is 43.0 Å². The first-order chi connectivity index (χ1) is 34.5. The Kier molecular flexibility index (Phi) is 20.1. The van der Waals surface area contributed by atoms with E-state index in [0.717, 1.165) is 142 Å². The zero-order valence-corrected chi connectivity index (χ0v) is 45.4. The highest BCUT2D eigenvalue weighted by molar-refractivity contribution is 6.27. The number of fused-ring (bicyclic) bond motifs is 3. The highest BCUT2D eigenvalue weighted by atomic mass is 35.5. The second kappa shape index (κ2) is 25.4. The molecule has 6 aliphatic carbocycles. The number of likely N-dealkylation sites (tertiary alicyclic amines) is 3. The van der Waals surface area contributed by atoms with Gasteiger partial charge in [0.05, 0.1) is 18.2 Å². The molecule has 0 aromatic carbocycles. The molecule has 3 amide bonds. The Morgan fingerprint density at radius 2 is 0.781 bits per heavy atom. The van der Waals surface area contributed by atoms with Crippen molar-refractivity contribution in [1.29, 1.82) is 15.8 Å². The van der Waals surface area contributed by atoms with Gasteiger partial charge in [-0.05, 0) is 182 Å². The average molecular weight is 1030 g/mol. The molecule has 3 aliphatic heterocycles. The number of halogens is 1. The van der Waals surface area contributed by atoms with E-state index in [-0.39, 0.29) is 94.3 Å². The number of carbonyl (C=O) groups excluding carboxylic acids is 6. The van der Waals surface area contributed by atoms with Crippen molar-refractivity contribution in [3.8, 4) is 18.2 Å². The third kappa shape index (κ3) is 15.8. The number of carbonyl (C=O) groups is 6. The first-order valence-electron chi connectivity index (χ1n) is 27.5. The molecule has 73 heavy (non-hydrogen) atoms. The van der Waals surface area contributed by atoms with Gasteiger partial charge >= 0.3 is 17.9 Å². The van der Waals surface area contributed by atoms with E-state index >= 15 is 0 Å². The standard InChI is InChI=1S/2C19H28N2O3.C11H19NO2.C7H9ClN2O/c2*1-13(22)24-17-8-14-10-19(2,11-15(14)9-17)6-5-18(23)21-7-3-4-16(21)12-20;1-7(13)14-10-3-8-5-11(2,12)6-9(8)4-10;8-4-7(11)10-3-1-2-6(10)5-9/h2*14-17H,3-11H2,1-2H3;8-10H,3-6,12H2,1-2H3;6H,1-4H2/t2*14-,15+,16-,17?,19?;8-,9+,10?,11?;6-/m00.0/s1. The molecule has 9 aliphatic rings. The van der Waals surface area contributed by atoms with Gasteiger partial charge in [-0.15, -0.1) is 11.6 Å². The normalized spacial score (nSPS) is 37.4. The fraction of sp³-hybridized carbons (Fsp3) is 0.839. The summed E-state index contributed by atoms with van der Waals surface area (Å²) in [6.45, 7) is 13.3. The molecule has 15 atom stereocenters. The average Bonchev–Trinajstić information content (AvgIpc) is 4.18. The fourth-order valence-electron chi connectivity index (χ4n) is 15.1. The van der Waals surface area contributed by atoms with E-state index in [4.69, 9.17) is 47.3 Å². The largest absolute Gasteiger partial charge is 0.463 e. The lowest BCUT2D eigenvalue weighted by Gasteiger charge is -2.27. The molecule has 0 radical (unpaired) electrons. The van der Waals surface area contributed by atoms with Crippen LogP contribution in [0, 0.1) is 80.3 Å². The number of hydrogen-bond donors (Lipinski definition) is 1. The van der Waals surface area contributed by atoms with Gasteiger partial charge in [-0.3, -0.25) is 28.8 Å². The molecule has 16 nitrogen and oxygen atoms in total. The van der Waals surface area contributed by atoms with Crippen molar-refractivity contribution in [2.24, 2.45) is 52.1 Å². The van der Waals surface area contributed by atoms with Gasteiger partial charge in [0.15, 0.2) is 0 Å². The number of amides is 3. The predicted molar refractivity (Wildman–Crippen MR) is 272 cm³/mol. The maximum atomic E-state index is 12.5. The molecule has 17 heteroatoms. The minimum Gasteiger partial charge on any atom is -0.463 e. The maximum absolute atomic E-state index is 12.5. The molecule has 3 saturated heterocycles. The van der Waals surface area contributed by atoms with Gasteiger partial charge in [0.1, 0.15) is 42.3 Å². The maximum Gasteiger partial charge on any atom is 0.302 e. The fourth-order valence-corrected chi connectivity index (χ4v) is 15.3. The Balaban J connectivity index is 0.000000166. The number of nitrogens with zero attached hydrogens (tertiary/aromatic N) is 6. The van der Waals surface area contributed by atoms with Gasteiger partial charge in [-0.25, -0.2) is 0 Å². The molecule has 0 spiro atoms. The Morgan fingerprint density at radius 3 is 1.04 bits per heavy atom. The number of nitriles is 3. The summed E-state index contributed by atoms with van der Waals surface area (Å²) >= 11 is 5.35. The van der Waals surface area contributed by atoms with Crippen LogP contribution >= 0.6 is 11.6 Å². The molecule has 404 valence electrons. The molecule has 0 aromatic rings. The summed E-state index contributed by atoms with van der Waals surface area (Å²) in [5.74, 6) is 3.56. The summed E-state index contributed by atoms with van der Waals surface area (Å²) in [6, 6.07) is 5.92. The van der Waals surface area contributed by atoms with Gasteiger partial charge in [0.25, 0.3) is 0 Å². The quantitative estimate of drug-likeness (QED) is 0.123. The molecule has 3 heterocycles. The summed E-state index contributed by atoms with van der Waals surface area (Å²) in [6.07, 6.45) is 21.2. The Labute approximate surface area is 439 Å². The SMILES string of the molecule is CC(=O)OC1C[C@@H]2CC(C)(CCC(=O)N3CCC[C@H]3C#N)C[C@@H]2C1.CC(=O)OC1C[C@@H]2CC(C)(CCC(=O)N3CCC[C@H]3C#N)C[C@@H]2C1.CC(=O)OC1C[C@@H]2CC(C)(N)C[C@@H]2C1.N#C[C@@H]1CCCN1C(=O)CCl. The lowest BCUT2D eigenvalue weighted by atomic mass is 9.81. The van der Waals surface area contributed by atoms with Crippen LogP contribution in [0.1, 0.15) is 183 Å². The van der Waals surface area contributed by atoms with E-state index in [1.54, 1.807) is 14.7 Å². The molecule has 6 unspecified atom stereocenters. The van der Waals surface area contributed by atoms with Crippen LogP contribution in [0.5, 0.6) is 0 Å². The lowest BCUT2D eigenvalue weighted by Crippen LogP contribution is -2.35.